The van der Waals surface area contributed by atoms with E-state index in [1.807, 2.05) is 45.9 Å². The first kappa shape index (κ1) is 23.9. The van der Waals surface area contributed by atoms with Crippen molar-refractivity contribution >= 4 is 17.5 Å². The van der Waals surface area contributed by atoms with Gasteiger partial charge in [0.05, 0.1) is 29.2 Å². The molecule has 4 N–H and O–H groups in total. The van der Waals surface area contributed by atoms with Crippen LogP contribution in [0.2, 0.25) is 0 Å². The fourth-order valence-electron chi connectivity index (χ4n) is 5.96. The number of nitrogens with zero attached hydrogens (tertiary/aromatic N) is 5. The highest BCUT2D eigenvalue weighted by molar-refractivity contribution is 5.99. The first-order valence-corrected chi connectivity index (χ1v) is 12.9. The Bertz CT molecular complexity index is 1450. The lowest BCUT2D eigenvalue weighted by Crippen LogP contribution is -2.51. The van der Waals surface area contributed by atoms with E-state index in [0.717, 1.165) is 37.1 Å². The minimum Gasteiger partial charge on any atom is -0.398 e. The number of fused-ring (bicyclic) bond motifs is 2. The van der Waals surface area contributed by atoms with Crippen LogP contribution in [0.15, 0.2) is 73.4 Å². The lowest BCUT2D eigenvalue weighted by atomic mass is 9.88. The van der Waals surface area contributed by atoms with Crippen LogP contribution in [0.3, 0.4) is 0 Å². The van der Waals surface area contributed by atoms with Crippen LogP contribution in [0.25, 0.3) is 5.69 Å². The molecule has 2 fully saturated rings. The van der Waals surface area contributed by atoms with Crippen molar-refractivity contribution in [1.82, 2.24) is 35.2 Å². The van der Waals surface area contributed by atoms with Gasteiger partial charge in [0.15, 0.2) is 0 Å². The molecule has 2 bridgehead atoms. The SMILES string of the molecule is Nc1ccccc1C(=O)NCCc1cn(C2CC3CCC2(NC(=O)c2ccc(-n4ccnc4)cc2)C3)nn1. The van der Waals surface area contributed by atoms with Crippen molar-refractivity contribution in [3.63, 3.8) is 0 Å². The molecule has 10 heteroatoms. The molecule has 10 nitrogen and oxygen atoms in total. The van der Waals surface area contributed by atoms with E-state index in [-0.39, 0.29) is 23.4 Å². The Labute approximate surface area is 220 Å². The average molecular weight is 511 g/mol. The molecule has 0 aliphatic heterocycles. The number of carbonyl (C=O) groups is 2. The Morgan fingerprint density at radius 1 is 1.11 bits per heavy atom. The number of para-hydroxylation sites is 1. The predicted molar refractivity (Wildman–Crippen MR) is 142 cm³/mol. The Morgan fingerprint density at radius 3 is 2.71 bits per heavy atom. The molecule has 2 aliphatic rings. The molecule has 0 spiro atoms. The van der Waals surface area contributed by atoms with Crippen molar-refractivity contribution in [2.45, 2.75) is 43.7 Å². The number of amides is 2. The smallest absolute Gasteiger partial charge is 0.253 e. The number of nitrogens with two attached hydrogens (primary N) is 1. The number of nitrogens with one attached hydrogen (secondary N) is 2. The first-order valence-electron chi connectivity index (χ1n) is 12.9. The minimum atomic E-state index is -0.339. The molecule has 0 radical (unpaired) electrons. The third-order valence-electron chi connectivity index (χ3n) is 7.89. The zero-order valence-electron chi connectivity index (χ0n) is 21.0. The molecule has 2 aromatic carbocycles. The van der Waals surface area contributed by atoms with Crippen LogP contribution in [0.4, 0.5) is 5.69 Å². The number of carbonyl (C=O) groups excluding carboxylic acids is 2. The number of benzene rings is 2. The maximum absolute atomic E-state index is 13.3. The normalized spacial score (nSPS) is 21.9. The van der Waals surface area contributed by atoms with Gasteiger partial charge in [0.2, 0.25) is 0 Å². The second-order valence-electron chi connectivity index (χ2n) is 10.3. The number of nitrogen functional groups attached to an aromatic ring is 1. The number of rotatable bonds is 8. The van der Waals surface area contributed by atoms with E-state index < -0.39 is 0 Å². The van der Waals surface area contributed by atoms with Crippen LogP contribution in [-0.2, 0) is 6.42 Å². The molecule has 2 aliphatic carbocycles. The molecule has 3 atom stereocenters. The molecule has 2 amide bonds. The Morgan fingerprint density at radius 2 is 1.95 bits per heavy atom. The van der Waals surface area contributed by atoms with E-state index in [1.165, 1.54) is 0 Å². The molecule has 2 aromatic heterocycles. The van der Waals surface area contributed by atoms with E-state index in [0.29, 0.717) is 35.7 Å². The number of imidazole rings is 1. The molecule has 38 heavy (non-hydrogen) atoms. The summed E-state index contributed by atoms with van der Waals surface area (Å²) in [4.78, 5) is 29.8. The average Bonchev–Trinajstić information content (AvgIpc) is 3.73. The van der Waals surface area contributed by atoms with Gasteiger partial charge in [0.1, 0.15) is 0 Å². The van der Waals surface area contributed by atoms with Gasteiger partial charge in [-0.3, -0.25) is 9.59 Å². The summed E-state index contributed by atoms with van der Waals surface area (Å²) in [5.41, 5.74) is 8.86. The van der Waals surface area contributed by atoms with Gasteiger partial charge in [0.25, 0.3) is 11.8 Å². The fourth-order valence-corrected chi connectivity index (χ4v) is 5.96. The number of hydrogen-bond donors (Lipinski definition) is 3. The minimum absolute atomic E-state index is 0.0513. The molecule has 2 heterocycles. The van der Waals surface area contributed by atoms with Crippen LogP contribution in [0.5, 0.6) is 0 Å². The van der Waals surface area contributed by atoms with Crippen LogP contribution in [-0.4, -0.2) is 48.4 Å². The van der Waals surface area contributed by atoms with Gasteiger partial charge in [-0.1, -0.05) is 17.3 Å². The highest BCUT2D eigenvalue weighted by atomic mass is 16.2. The molecular weight excluding hydrogens is 480 g/mol. The second kappa shape index (κ2) is 9.77. The summed E-state index contributed by atoms with van der Waals surface area (Å²) in [6.45, 7) is 0.427. The highest BCUT2D eigenvalue weighted by Gasteiger charge is 2.54. The summed E-state index contributed by atoms with van der Waals surface area (Å²) in [6.07, 6.45) is 11.8. The summed E-state index contributed by atoms with van der Waals surface area (Å²) in [6, 6.07) is 14.6. The van der Waals surface area contributed by atoms with E-state index in [9.17, 15) is 9.59 Å². The lowest BCUT2D eigenvalue weighted by Gasteiger charge is -2.35. The first-order chi connectivity index (χ1) is 18.5. The van der Waals surface area contributed by atoms with Crippen molar-refractivity contribution < 1.29 is 9.59 Å². The van der Waals surface area contributed by atoms with Gasteiger partial charge in [-0.15, -0.1) is 5.10 Å². The monoisotopic (exact) mass is 510 g/mol. The summed E-state index contributed by atoms with van der Waals surface area (Å²) in [5.74, 6) is 0.286. The topological polar surface area (TPSA) is 133 Å². The van der Waals surface area contributed by atoms with Crippen LogP contribution < -0.4 is 16.4 Å². The molecule has 194 valence electrons. The largest absolute Gasteiger partial charge is 0.398 e. The molecule has 4 aromatic rings. The maximum Gasteiger partial charge on any atom is 0.253 e. The van der Waals surface area contributed by atoms with Gasteiger partial charge in [-0.2, -0.15) is 0 Å². The van der Waals surface area contributed by atoms with E-state index in [1.54, 1.807) is 36.8 Å². The van der Waals surface area contributed by atoms with Gasteiger partial charge >= 0.3 is 0 Å². The van der Waals surface area contributed by atoms with Gasteiger partial charge < -0.3 is 20.9 Å². The van der Waals surface area contributed by atoms with E-state index in [2.05, 4.69) is 25.9 Å². The standard InChI is InChI=1S/C28H30N8O2/c29-24-4-2-1-3-23(24)27(38)31-12-10-21-17-36(34-33-21)25-15-19-9-11-28(25,16-19)32-26(37)20-5-7-22(8-6-20)35-14-13-30-18-35/h1-8,13-14,17-19,25H,9-12,15-16,29H2,(H,31,38)(H,32,37). The summed E-state index contributed by atoms with van der Waals surface area (Å²) >= 11 is 0. The van der Waals surface area contributed by atoms with Crippen molar-refractivity contribution in [3.8, 4) is 5.69 Å². The van der Waals surface area contributed by atoms with Crippen molar-refractivity contribution in [2.75, 3.05) is 12.3 Å². The molecule has 6 rings (SSSR count). The number of anilines is 1. The van der Waals surface area contributed by atoms with Gasteiger partial charge in [0, 0.05) is 48.5 Å². The third-order valence-corrected chi connectivity index (χ3v) is 7.89. The van der Waals surface area contributed by atoms with Crippen LogP contribution in [0, 0.1) is 5.92 Å². The Balaban J connectivity index is 1.10. The van der Waals surface area contributed by atoms with E-state index >= 15 is 0 Å². The predicted octanol–water partition coefficient (Wildman–Crippen LogP) is 2.93. The summed E-state index contributed by atoms with van der Waals surface area (Å²) in [5, 5.41) is 15.1. The van der Waals surface area contributed by atoms with Gasteiger partial charge in [-0.25, -0.2) is 9.67 Å². The molecular formula is C28H30N8O2. The molecule has 2 saturated carbocycles. The quantitative estimate of drug-likeness (QED) is 0.312. The lowest BCUT2D eigenvalue weighted by molar-refractivity contribution is 0.0863. The summed E-state index contributed by atoms with van der Waals surface area (Å²) in [7, 11) is 0. The van der Waals surface area contributed by atoms with Crippen LogP contribution in [0.1, 0.15) is 58.1 Å². The fraction of sp³-hybridized carbons (Fsp3) is 0.321. The maximum atomic E-state index is 13.3. The third kappa shape index (κ3) is 4.53. The van der Waals surface area contributed by atoms with Crippen LogP contribution >= 0.6 is 0 Å². The molecule has 3 unspecified atom stereocenters. The van der Waals surface area contributed by atoms with Crippen molar-refractivity contribution in [3.05, 3.63) is 90.3 Å². The van der Waals surface area contributed by atoms with Gasteiger partial charge in [-0.05, 0) is 68.0 Å². The van der Waals surface area contributed by atoms with Crippen molar-refractivity contribution in [1.29, 1.82) is 0 Å². The number of hydrogen-bond acceptors (Lipinski definition) is 6. The van der Waals surface area contributed by atoms with Crippen molar-refractivity contribution in [2.24, 2.45) is 5.92 Å². The zero-order valence-corrected chi connectivity index (χ0v) is 21.0. The highest BCUT2D eigenvalue weighted by Crippen LogP contribution is 2.53. The Hall–Kier alpha value is -4.47. The Kier molecular flexibility index (Phi) is 6.15. The van der Waals surface area contributed by atoms with E-state index in [4.69, 9.17) is 5.73 Å². The second-order valence-corrected chi connectivity index (χ2v) is 10.3. The number of aromatic nitrogens is 5. The molecule has 0 saturated heterocycles. The summed E-state index contributed by atoms with van der Waals surface area (Å²) < 4.78 is 3.81. The zero-order chi connectivity index (χ0) is 26.1.